The second-order valence-corrected chi connectivity index (χ2v) is 10.0. The number of aliphatic hydroxyl groups excluding tert-OH is 1. The van der Waals surface area contributed by atoms with Gasteiger partial charge in [-0.05, 0) is 63.9 Å². The van der Waals surface area contributed by atoms with E-state index in [1.165, 1.54) is 0 Å². The van der Waals surface area contributed by atoms with Crippen LogP contribution in [0.15, 0.2) is 23.3 Å². The average molecular weight is 451 g/mol. The lowest BCUT2D eigenvalue weighted by Gasteiger charge is -2.25. The number of carboxylic acid groups (broad SMARTS) is 1. The van der Waals surface area contributed by atoms with E-state index >= 15 is 0 Å². The Balaban J connectivity index is 3.17. The maximum atomic E-state index is 12.7. The molecule has 1 aliphatic heterocycles. The van der Waals surface area contributed by atoms with Crippen molar-refractivity contribution < 1.29 is 29.3 Å². The summed E-state index contributed by atoms with van der Waals surface area (Å²) >= 11 is 0. The van der Waals surface area contributed by atoms with E-state index in [9.17, 15) is 24.6 Å². The summed E-state index contributed by atoms with van der Waals surface area (Å²) in [7, 11) is 0. The molecule has 0 bridgehead atoms. The molecule has 6 heteroatoms. The molecule has 6 nitrogen and oxygen atoms in total. The van der Waals surface area contributed by atoms with Gasteiger partial charge in [-0.25, -0.2) is 0 Å². The van der Waals surface area contributed by atoms with Crippen LogP contribution in [0.2, 0.25) is 0 Å². The van der Waals surface area contributed by atoms with Crippen LogP contribution in [0.3, 0.4) is 0 Å². The molecule has 1 aliphatic rings. The second-order valence-electron chi connectivity index (χ2n) is 10.0. The Hall–Kier alpha value is -1.95. The van der Waals surface area contributed by atoms with Crippen molar-refractivity contribution in [3.8, 4) is 0 Å². The fraction of sp³-hybridized carbons (Fsp3) is 0.731. The number of carbonyl (C=O) groups is 3. The van der Waals surface area contributed by atoms with Crippen molar-refractivity contribution >= 4 is 17.7 Å². The molecular weight excluding hydrogens is 408 g/mol. The van der Waals surface area contributed by atoms with E-state index in [0.717, 1.165) is 24.0 Å². The van der Waals surface area contributed by atoms with Crippen LogP contribution in [0.5, 0.6) is 0 Å². The van der Waals surface area contributed by atoms with Crippen molar-refractivity contribution in [3.05, 3.63) is 23.3 Å². The number of aliphatic hydroxyl groups is 1. The van der Waals surface area contributed by atoms with Crippen molar-refractivity contribution in [2.45, 2.75) is 92.8 Å². The van der Waals surface area contributed by atoms with Crippen molar-refractivity contribution in [2.24, 2.45) is 29.6 Å². The zero-order valence-electron chi connectivity index (χ0n) is 20.8. The van der Waals surface area contributed by atoms with Gasteiger partial charge in [-0.15, -0.1) is 0 Å². The van der Waals surface area contributed by atoms with Crippen LogP contribution in [0, 0.1) is 29.6 Å². The Morgan fingerprint density at radius 2 is 1.69 bits per heavy atom. The van der Waals surface area contributed by atoms with Crippen LogP contribution in [-0.2, 0) is 19.1 Å². The van der Waals surface area contributed by atoms with Gasteiger partial charge in [-0.3, -0.25) is 14.4 Å². The van der Waals surface area contributed by atoms with Gasteiger partial charge in [0, 0.05) is 12.3 Å². The predicted molar refractivity (Wildman–Crippen MR) is 125 cm³/mol. The summed E-state index contributed by atoms with van der Waals surface area (Å²) in [6.45, 7) is 13.0. The summed E-state index contributed by atoms with van der Waals surface area (Å²) in [5.74, 6) is -2.53. The highest BCUT2D eigenvalue weighted by molar-refractivity contribution is 5.83. The molecule has 0 aliphatic carbocycles. The van der Waals surface area contributed by atoms with Crippen LogP contribution >= 0.6 is 0 Å². The van der Waals surface area contributed by atoms with E-state index in [4.69, 9.17) is 4.74 Å². The normalized spacial score (nSPS) is 36.5. The number of aliphatic carboxylic acids is 1. The first kappa shape index (κ1) is 28.1. The third-order valence-corrected chi connectivity index (χ3v) is 6.47. The minimum Gasteiger partial charge on any atom is -0.481 e. The average Bonchev–Trinajstić information content (AvgIpc) is 2.68. The number of Topliss-reactive ketones (excluding diaryl/α,β-unsaturated/α-hetero) is 1. The standard InChI is InChI=1S/C26H42O6/c1-15-8-9-24(21(7)25(29)30)32-26(31)20(6)13-17(3)12-19(5)23(28)14-22(27)18(4)11-16(2)10-15/h11-12,15-16,19-22,24,27H,8-10,13-14H2,1-7H3,(H,29,30)/b17-12+,18-11+/t15-,16+,19-,20-,21+,22+,24-/m0/s1. The van der Waals surface area contributed by atoms with E-state index in [1.54, 1.807) is 20.8 Å². The maximum absolute atomic E-state index is 12.7. The lowest BCUT2D eigenvalue weighted by atomic mass is 9.88. The van der Waals surface area contributed by atoms with Crippen LogP contribution < -0.4 is 0 Å². The minimum atomic E-state index is -0.977. The van der Waals surface area contributed by atoms with E-state index in [2.05, 4.69) is 13.8 Å². The SMILES string of the molecule is C/C1=C\[C@H](C)C(=O)C[C@@H](O)/C(C)=C/[C@H](C)C[C@@H](C)CC[C@@H]([C@@H](C)C(=O)O)OC(=O)[C@@H](C)C1. The van der Waals surface area contributed by atoms with Gasteiger partial charge in [-0.1, -0.05) is 45.4 Å². The molecule has 0 aromatic heterocycles. The molecule has 0 aromatic carbocycles. The summed E-state index contributed by atoms with van der Waals surface area (Å²) in [5.41, 5.74) is 1.69. The van der Waals surface area contributed by atoms with Gasteiger partial charge in [0.2, 0.25) is 0 Å². The van der Waals surface area contributed by atoms with Crippen LogP contribution in [0.1, 0.15) is 80.6 Å². The second kappa shape index (κ2) is 12.9. The predicted octanol–water partition coefficient (Wildman–Crippen LogP) is 4.95. The Labute approximate surface area is 193 Å². The van der Waals surface area contributed by atoms with E-state index in [1.807, 2.05) is 26.0 Å². The molecule has 1 heterocycles. The third-order valence-electron chi connectivity index (χ3n) is 6.47. The minimum absolute atomic E-state index is 0.0442. The summed E-state index contributed by atoms with van der Waals surface area (Å²) in [4.78, 5) is 36.9. The van der Waals surface area contributed by atoms with Crippen molar-refractivity contribution in [1.82, 2.24) is 0 Å². The highest BCUT2D eigenvalue weighted by Gasteiger charge is 2.29. The number of hydrogen-bond acceptors (Lipinski definition) is 5. The topological polar surface area (TPSA) is 101 Å². The number of esters is 1. The fourth-order valence-corrected chi connectivity index (χ4v) is 4.36. The molecule has 32 heavy (non-hydrogen) atoms. The van der Waals surface area contributed by atoms with Crippen LogP contribution in [0.25, 0.3) is 0 Å². The van der Waals surface area contributed by atoms with Gasteiger partial charge in [0.25, 0.3) is 0 Å². The van der Waals surface area contributed by atoms with Crippen molar-refractivity contribution in [3.63, 3.8) is 0 Å². The van der Waals surface area contributed by atoms with Gasteiger partial charge in [0.05, 0.1) is 17.9 Å². The quantitative estimate of drug-likeness (QED) is 0.456. The molecule has 0 saturated heterocycles. The molecular formula is C26H42O6. The zero-order valence-corrected chi connectivity index (χ0v) is 20.8. The summed E-state index contributed by atoms with van der Waals surface area (Å²) in [5, 5.41) is 20.0. The monoisotopic (exact) mass is 450 g/mol. The first-order chi connectivity index (χ1) is 14.8. The van der Waals surface area contributed by atoms with E-state index < -0.39 is 36.0 Å². The molecule has 7 atom stereocenters. The fourth-order valence-electron chi connectivity index (χ4n) is 4.36. The number of cyclic esters (lactones) is 1. The van der Waals surface area contributed by atoms with Gasteiger partial charge < -0.3 is 14.9 Å². The van der Waals surface area contributed by atoms with Crippen LogP contribution in [-0.4, -0.2) is 40.1 Å². The highest BCUT2D eigenvalue weighted by atomic mass is 16.5. The van der Waals surface area contributed by atoms with E-state index in [0.29, 0.717) is 12.8 Å². The third kappa shape index (κ3) is 9.27. The lowest BCUT2D eigenvalue weighted by Crippen LogP contribution is -2.33. The van der Waals surface area contributed by atoms with E-state index in [-0.39, 0.29) is 30.0 Å². The van der Waals surface area contributed by atoms with Gasteiger partial charge in [0.15, 0.2) is 0 Å². The number of carbonyl (C=O) groups excluding carboxylic acids is 2. The van der Waals surface area contributed by atoms with Crippen LogP contribution in [0.4, 0.5) is 0 Å². The Bertz CT molecular complexity index is 722. The summed E-state index contributed by atoms with van der Waals surface area (Å²) < 4.78 is 5.67. The number of ether oxygens (including phenoxy) is 1. The first-order valence-corrected chi connectivity index (χ1v) is 11.8. The Morgan fingerprint density at radius 1 is 1.06 bits per heavy atom. The molecule has 0 radical (unpaired) electrons. The maximum Gasteiger partial charge on any atom is 0.309 e. The Kier molecular flexibility index (Phi) is 11.3. The number of rotatable bonds is 2. The van der Waals surface area contributed by atoms with Crippen molar-refractivity contribution in [1.29, 1.82) is 0 Å². The molecule has 0 amide bonds. The highest BCUT2D eigenvalue weighted by Crippen LogP contribution is 2.26. The smallest absolute Gasteiger partial charge is 0.309 e. The number of carboxylic acids is 1. The van der Waals surface area contributed by atoms with Gasteiger partial charge in [0.1, 0.15) is 11.9 Å². The molecule has 0 fully saturated rings. The molecule has 0 unspecified atom stereocenters. The molecule has 2 N–H and O–H groups in total. The largest absolute Gasteiger partial charge is 0.481 e. The first-order valence-electron chi connectivity index (χ1n) is 11.8. The molecule has 0 spiro atoms. The van der Waals surface area contributed by atoms with Crippen molar-refractivity contribution in [2.75, 3.05) is 0 Å². The number of hydrogen-bond donors (Lipinski definition) is 2. The molecule has 0 saturated carbocycles. The summed E-state index contributed by atoms with van der Waals surface area (Å²) in [6.07, 6.45) is 4.96. The molecule has 1 rings (SSSR count). The molecule has 182 valence electrons. The number of allylic oxidation sites excluding steroid dienone is 3. The number of ketones is 1. The van der Waals surface area contributed by atoms with Gasteiger partial charge >= 0.3 is 11.9 Å². The zero-order chi connectivity index (χ0) is 24.6. The Morgan fingerprint density at radius 3 is 2.28 bits per heavy atom. The lowest BCUT2D eigenvalue weighted by molar-refractivity contribution is -0.161. The summed E-state index contributed by atoms with van der Waals surface area (Å²) in [6, 6.07) is 0. The van der Waals surface area contributed by atoms with Gasteiger partial charge in [-0.2, -0.15) is 0 Å². The molecule has 0 aromatic rings.